The first-order valence-corrected chi connectivity index (χ1v) is 8.43. The van der Waals surface area contributed by atoms with E-state index < -0.39 is 0 Å². The molecule has 0 aliphatic carbocycles. The minimum absolute atomic E-state index is 0.230. The van der Waals surface area contributed by atoms with Gasteiger partial charge in [-0.15, -0.1) is 0 Å². The molecule has 1 unspecified atom stereocenters. The normalized spacial score (nSPS) is 12.5. The summed E-state index contributed by atoms with van der Waals surface area (Å²) in [6.07, 6.45) is 1.13. The number of hydrogen-bond acceptors (Lipinski definition) is 1. The van der Waals surface area contributed by atoms with Crippen LogP contribution in [0.4, 0.5) is 5.69 Å². The molecular formula is C18H21BrClN. The summed E-state index contributed by atoms with van der Waals surface area (Å²) in [6, 6.07) is 14.9. The first-order chi connectivity index (χ1) is 9.95. The lowest BCUT2D eigenvalue weighted by molar-refractivity contribution is 0.647. The Morgan fingerprint density at radius 3 is 2.33 bits per heavy atom. The van der Waals surface area contributed by atoms with Gasteiger partial charge < -0.3 is 5.32 Å². The molecule has 2 rings (SSSR count). The highest BCUT2D eigenvalue weighted by Gasteiger charge is 2.08. The topological polar surface area (TPSA) is 12.0 Å². The highest BCUT2D eigenvalue weighted by molar-refractivity contribution is 9.10. The van der Waals surface area contributed by atoms with Crippen molar-refractivity contribution in [3.63, 3.8) is 0 Å². The van der Waals surface area contributed by atoms with Crippen LogP contribution in [0.5, 0.6) is 0 Å². The van der Waals surface area contributed by atoms with Crippen LogP contribution < -0.4 is 5.32 Å². The maximum Gasteiger partial charge on any atom is 0.0504 e. The Labute approximate surface area is 140 Å². The molecular weight excluding hydrogens is 346 g/mol. The molecule has 1 nitrogen and oxygen atoms in total. The minimum atomic E-state index is 0.230. The predicted octanol–water partition coefficient (Wildman–Crippen LogP) is 6.47. The van der Waals surface area contributed by atoms with Gasteiger partial charge in [-0.3, -0.25) is 0 Å². The van der Waals surface area contributed by atoms with Gasteiger partial charge in [0.15, 0.2) is 0 Å². The number of anilines is 1. The molecule has 1 N–H and O–H groups in total. The van der Waals surface area contributed by atoms with E-state index in [4.69, 9.17) is 11.6 Å². The smallest absolute Gasteiger partial charge is 0.0504 e. The molecule has 3 heteroatoms. The zero-order valence-corrected chi connectivity index (χ0v) is 15.0. The second-order valence-corrected chi connectivity index (χ2v) is 7.12. The van der Waals surface area contributed by atoms with E-state index in [1.807, 2.05) is 18.2 Å². The van der Waals surface area contributed by atoms with Crippen LogP contribution in [0.1, 0.15) is 37.9 Å². The Morgan fingerprint density at radius 2 is 1.71 bits per heavy atom. The number of benzene rings is 2. The van der Waals surface area contributed by atoms with Crippen molar-refractivity contribution in [2.45, 2.75) is 33.2 Å². The molecule has 0 aliphatic heterocycles. The first-order valence-electron chi connectivity index (χ1n) is 7.26. The fourth-order valence-electron chi connectivity index (χ4n) is 2.34. The summed E-state index contributed by atoms with van der Waals surface area (Å²) in [7, 11) is 0. The Morgan fingerprint density at radius 1 is 1.05 bits per heavy atom. The summed E-state index contributed by atoms with van der Waals surface area (Å²) in [6.45, 7) is 6.65. The van der Waals surface area contributed by atoms with Crippen molar-refractivity contribution in [2.75, 3.05) is 5.32 Å². The molecule has 0 saturated carbocycles. The van der Waals surface area contributed by atoms with E-state index in [1.54, 1.807) is 0 Å². The molecule has 2 aromatic rings. The number of rotatable bonds is 5. The molecule has 0 radical (unpaired) electrons. The van der Waals surface area contributed by atoms with Crippen molar-refractivity contribution < 1.29 is 0 Å². The van der Waals surface area contributed by atoms with Gasteiger partial charge in [-0.2, -0.15) is 0 Å². The van der Waals surface area contributed by atoms with Gasteiger partial charge in [0, 0.05) is 15.5 Å². The summed E-state index contributed by atoms with van der Waals surface area (Å²) in [4.78, 5) is 0. The fourth-order valence-corrected chi connectivity index (χ4v) is 2.87. The van der Waals surface area contributed by atoms with Crippen LogP contribution in [0.2, 0.25) is 5.02 Å². The Hall–Kier alpha value is -0.990. The van der Waals surface area contributed by atoms with Crippen molar-refractivity contribution in [1.29, 1.82) is 0 Å². The molecule has 0 spiro atoms. The summed E-state index contributed by atoms with van der Waals surface area (Å²) in [5.74, 6) is 0.689. The number of nitrogens with one attached hydrogen (secondary N) is 1. The molecule has 21 heavy (non-hydrogen) atoms. The Balaban J connectivity index is 2.09. The number of halogens is 2. The summed E-state index contributed by atoms with van der Waals surface area (Å²) in [5.41, 5.74) is 3.68. The van der Waals surface area contributed by atoms with Crippen LogP contribution >= 0.6 is 27.5 Å². The standard InChI is InChI=1S/C18H21BrClN/c1-12(2)10-14-4-6-15(7-5-14)13(3)21-18-11-16(20)8-9-17(18)19/h4-9,11-13,21H,10H2,1-3H3. The third-order valence-corrected chi connectivity index (χ3v) is 4.35. The van der Waals surface area contributed by atoms with Crippen molar-refractivity contribution in [3.8, 4) is 0 Å². The van der Waals surface area contributed by atoms with Crippen LogP contribution in [0.25, 0.3) is 0 Å². The van der Waals surface area contributed by atoms with Crippen molar-refractivity contribution in [3.05, 3.63) is 63.1 Å². The molecule has 0 fully saturated rings. The van der Waals surface area contributed by atoms with Crippen LogP contribution in [0.15, 0.2) is 46.9 Å². The van der Waals surface area contributed by atoms with Crippen LogP contribution in [-0.4, -0.2) is 0 Å². The van der Waals surface area contributed by atoms with Crippen LogP contribution in [0, 0.1) is 5.92 Å². The maximum absolute atomic E-state index is 6.05. The quantitative estimate of drug-likeness (QED) is 0.639. The van der Waals surface area contributed by atoms with Gasteiger partial charge in [0.1, 0.15) is 0 Å². The minimum Gasteiger partial charge on any atom is -0.378 e. The third kappa shape index (κ3) is 4.76. The van der Waals surface area contributed by atoms with E-state index in [0.717, 1.165) is 21.6 Å². The van der Waals surface area contributed by atoms with E-state index in [2.05, 4.69) is 66.3 Å². The van der Waals surface area contributed by atoms with Crippen molar-refractivity contribution in [2.24, 2.45) is 5.92 Å². The second-order valence-electron chi connectivity index (χ2n) is 5.83. The highest BCUT2D eigenvalue weighted by Crippen LogP contribution is 2.29. The lowest BCUT2D eigenvalue weighted by Crippen LogP contribution is -2.07. The number of hydrogen-bond donors (Lipinski definition) is 1. The fraction of sp³-hybridized carbons (Fsp3) is 0.333. The molecule has 112 valence electrons. The average Bonchev–Trinajstić information content (AvgIpc) is 2.43. The second kappa shape index (κ2) is 7.33. The van der Waals surface area contributed by atoms with Gasteiger partial charge in [-0.25, -0.2) is 0 Å². The van der Waals surface area contributed by atoms with E-state index in [0.29, 0.717) is 5.92 Å². The SMILES string of the molecule is CC(C)Cc1ccc(C(C)Nc2cc(Cl)ccc2Br)cc1. The third-order valence-electron chi connectivity index (χ3n) is 3.42. The Bertz CT molecular complexity index is 593. The summed E-state index contributed by atoms with van der Waals surface area (Å²) >= 11 is 9.60. The molecule has 1 atom stereocenters. The van der Waals surface area contributed by atoms with Crippen LogP contribution in [0.3, 0.4) is 0 Å². The molecule has 0 aliphatic rings. The first kappa shape index (κ1) is 16.4. The van der Waals surface area contributed by atoms with E-state index in [1.165, 1.54) is 11.1 Å². The van der Waals surface area contributed by atoms with Crippen molar-refractivity contribution in [1.82, 2.24) is 0 Å². The predicted molar refractivity (Wildman–Crippen MR) is 96.2 cm³/mol. The molecule has 2 aromatic carbocycles. The highest BCUT2D eigenvalue weighted by atomic mass is 79.9. The molecule has 0 heterocycles. The zero-order chi connectivity index (χ0) is 15.4. The van der Waals surface area contributed by atoms with Gasteiger partial charge in [0.05, 0.1) is 5.69 Å². The lowest BCUT2D eigenvalue weighted by atomic mass is 10.00. The van der Waals surface area contributed by atoms with E-state index in [-0.39, 0.29) is 6.04 Å². The zero-order valence-electron chi connectivity index (χ0n) is 12.7. The summed E-state index contributed by atoms with van der Waals surface area (Å²) in [5, 5.41) is 4.23. The maximum atomic E-state index is 6.05. The van der Waals surface area contributed by atoms with Gasteiger partial charge in [0.25, 0.3) is 0 Å². The van der Waals surface area contributed by atoms with E-state index in [9.17, 15) is 0 Å². The van der Waals surface area contributed by atoms with Gasteiger partial charge >= 0.3 is 0 Å². The largest absolute Gasteiger partial charge is 0.378 e. The lowest BCUT2D eigenvalue weighted by Gasteiger charge is -2.18. The van der Waals surface area contributed by atoms with Crippen LogP contribution in [-0.2, 0) is 6.42 Å². The average molecular weight is 367 g/mol. The molecule has 0 amide bonds. The molecule has 0 aromatic heterocycles. The van der Waals surface area contributed by atoms with Gasteiger partial charge in [-0.05, 0) is 64.5 Å². The van der Waals surface area contributed by atoms with E-state index >= 15 is 0 Å². The molecule has 0 saturated heterocycles. The van der Waals surface area contributed by atoms with Crippen molar-refractivity contribution >= 4 is 33.2 Å². The van der Waals surface area contributed by atoms with Gasteiger partial charge in [0.2, 0.25) is 0 Å². The van der Waals surface area contributed by atoms with Gasteiger partial charge in [-0.1, -0.05) is 49.7 Å². The Kier molecular flexibility index (Phi) is 5.72. The summed E-state index contributed by atoms with van der Waals surface area (Å²) < 4.78 is 1.02. The molecule has 0 bridgehead atoms. The monoisotopic (exact) mass is 365 g/mol.